The maximum atomic E-state index is 11.9. The average molecular weight is 863 g/mol. The van der Waals surface area contributed by atoms with Gasteiger partial charge in [0.15, 0.2) is 11.5 Å². The van der Waals surface area contributed by atoms with Crippen molar-refractivity contribution < 1.29 is 31.7 Å². The normalized spacial score (nSPS) is 13.1. The molecule has 1 heterocycles. The van der Waals surface area contributed by atoms with Crippen LogP contribution in [0, 0.1) is 30.3 Å². The highest BCUT2D eigenvalue weighted by molar-refractivity contribution is 6.15. The van der Waals surface area contributed by atoms with E-state index in [-0.39, 0.29) is 41.3 Å². The maximum Gasteiger partial charge on any atom is 0.310 e. The summed E-state index contributed by atoms with van der Waals surface area (Å²) in [5.74, 6) is 1.53. The third-order valence-electron chi connectivity index (χ3n) is 10.5. The molecule has 1 saturated carbocycles. The molecule has 0 amide bonds. The predicted octanol–water partition coefficient (Wildman–Crippen LogP) is 6.79. The predicted molar refractivity (Wildman–Crippen MR) is 235 cm³/mol. The van der Waals surface area contributed by atoms with Crippen LogP contribution in [0.15, 0.2) is 174 Å². The van der Waals surface area contributed by atoms with Crippen molar-refractivity contribution in [2.45, 2.75) is 38.1 Å². The summed E-state index contributed by atoms with van der Waals surface area (Å²) >= 11 is 0. The first-order chi connectivity index (χ1) is 30.2. The molecule has 6 aromatic carbocycles. The molecule has 1 N–H and O–H groups in total. The lowest BCUT2D eigenvalue weighted by atomic mass is 9.94. The summed E-state index contributed by atoms with van der Waals surface area (Å²) in [6, 6.07) is 46.7. The molecule has 1 fully saturated rings. The summed E-state index contributed by atoms with van der Waals surface area (Å²) in [6.07, 6.45) is 4.83. The molecule has 1 aliphatic rings. The van der Waals surface area contributed by atoms with Crippen LogP contribution in [0.1, 0.15) is 55.1 Å². The Labute approximate surface area is 367 Å². The van der Waals surface area contributed by atoms with Crippen LogP contribution in [0.25, 0.3) is 17.1 Å². The van der Waals surface area contributed by atoms with Crippen molar-refractivity contribution in [2.75, 3.05) is 10.4 Å². The largest absolute Gasteiger partial charge is 1.00 e. The molecule has 0 unspecified atom stereocenters. The fourth-order valence-electron chi connectivity index (χ4n) is 7.44. The third-order valence-corrected chi connectivity index (χ3v) is 10.5. The van der Waals surface area contributed by atoms with Crippen LogP contribution in [0.4, 0.5) is 28.4 Å². The van der Waals surface area contributed by atoms with Crippen LogP contribution in [0.2, 0.25) is 0 Å². The maximum absolute atomic E-state index is 11.9. The quantitative estimate of drug-likeness (QED) is 0.0427. The Bertz CT molecular complexity index is 2760. The van der Waals surface area contributed by atoms with E-state index in [0.717, 1.165) is 37.7 Å². The Morgan fingerprint density at radius 2 is 1.13 bits per heavy atom. The number of halogens is 1. The second-order valence-corrected chi connectivity index (χ2v) is 14.5. The van der Waals surface area contributed by atoms with Crippen LogP contribution >= 0.6 is 0 Å². The van der Waals surface area contributed by atoms with E-state index < -0.39 is 14.8 Å². The minimum Gasteiger partial charge on any atom is -1.00 e. The van der Waals surface area contributed by atoms with Gasteiger partial charge in [0.25, 0.3) is 22.9 Å². The molecule has 17 heteroatoms. The van der Waals surface area contributed by atoms with Gasteiger partial charge in [0.2, 0.25) is 0 Å². The molecule has 0 saturated heterocycles. The van der Waals surface area contributed by atoms with Crippen molar-refractivity contribution in [1.29, 1.82) is 0 Å². The number of hydrazone groups is 2. The van der Waals surface area contributed by atoms with Crippen LogP contribution in [0.5, 0.6) is 0 Å². The first-order valence-corrected chi connectivity index (χ1v) is 19.9. The van der Waals surface area contributed by atoms with Gasteiger partial charge in [-0.2, -0.15) is 10.2 Å². The zero-order valence-corrected chi connectivity index (χ0v) is 34.3. The average Bonchev–Trinajstić information content (AvgIpc) is 3.72. The number of non-ortho nitro benzene ring substituents is 3. The van der Waals surface area contributed by atoms with Crippen LogP contribution in [0.3, 0.4) is 0 Å². The van der Waals surface area contributed by atoms with E-state index in [2.05, 4.69) is 9.99 Å². The Balaban J connectivity index is 0.00000595. The highest BCUT2D eigenvalue weighted by atomic mass is 35.5. The van der Waals surface area contributed by atoms with Crippen molar-refractivity contribution >= 4 is 40.0 Å². The molecule has 0 aliphatic heterocycles. The van der Waals surface area contributed by atoms with E-state index in [9.17, 15) is 30.3 Å². The van der Waals surface area contributed by atoms with Crippen molar-refractivity contribution in [2.24, 2.45) is 10.2 Å². The standard InChI is InChI=1S/C46H39N10O6.ClH/c57-54(58)40-23-21-36(22-24-40)47-48-44(34-15-7-2-8-16-34)52(38-25-29-41(30-26-38)55(59)60)49-43(33-13-5-1-6-14-33)46-51(37-19-11-4-12-20-37)45(35-17-9-3-10-18-35)50-53(46)39-27-31-42(32-28-39)56(61)62;/h1-3,5-10,13-18,21-32,37,47H,4,11-12,19-20H2;1H/q+1;/p-1/b48-44+;. The van der Waals surface area contributed by atoms with Gasteiger partial charge < -0.3 is 12.4 Å². The molecule has 0 bridgehead atoms. The number of aromatic nitrogens is 3. The first kappa shape index (κ1) is 43.0. The van der Waals surface area contributed by atoms with Crippen LogP contribution in [-0.2, 0) is 0 Å². The number of nitrogens with one attached hydrogen (secondary N) is 1. The monoisotopic (exact) mass is 862 g/mol. The lowest BCUT2D eigenvalue weighted by Crippen LogP contribution is -3.00. The topological polar surface area (TPSA) is 191 Å². The van der Waals surface area contributed by atoms with E-state index in [1.807, 2.05) is 91.0 Å². The Hall–Kier alpha value is -8.11. The minimum absolute atomic E-state index is 0. The molecule has 0 atom stereocenters. The van der Waals surface area contributed by atoms with E-state index in [4.69, 9.17) is 15.3 Å². The number of hydrogen-bond acceptors (Lipinski definition) is 10. The molecule has 316 valence electrons. The first-order valence-electron chi connectivity index (χ1n) is 19.9. The van der Waals surface area contributed by atoms with E-state index in [0.29, 0.717) is 45.5 Å². The molecule has 0 spiro atoms. The molecule has 8 rings (SSSR count). The van der Waals surface area contributed by atoms with Gasteiger partial charge in [-0.15, -0.1) is 0 Å². The molecule has 16 nitrogen and oxygen atoms in total. The number of nitro benzene ring substituents is 3. The number of rotatable bonds is 13. The highest BCUT2D eigenvalue weighted by Crippen LogP contribution is 2.31. The molecule has 7 aromatic rings. The fraction of sp³-hybridized carbons (Fsp3) is 0.130. The minimum atomic E-state index is -0.483. The van der Waals surface area contributed by atoms with Crippen molar-refractivity contribution in [1.82, 2.24) is 9.78 Å². The second-order valence-electron chi connectivity index (χ2n) is 14.5. The smallest absolute Gasteiger partial charge is 0.310 e. The Morgan fingerprint density at radius 3 is 1.67 bits per heavy atom. The summed E-state index contributed by atoms with van der Waals surface area (Å²) in [7, 11) is 0. The fourth-order valence-corrected chi connectivity index (χ4v) is 7.44. The van der Waals surface area contributed by atoms with Crippen molar-refractivity contribution in [3.05, 3.63) is 211 Å². The van der Waals surface area contributed by atoms with E-state index >= 15 is 0 Å². The number of nitrogens with zero attached hydrogens (tertiary/aromatic N) is 9. The zero-order chi connectivity index (χ0) is 43.0. The number of nitro groups is 3. The lowest BCUT2D eigenvalue weighted by molar-refractivity contribution is -0.717. The van der Waals surface area contributed by atoms with Gasteiger partial charge in [0, 0.05) is 47.5 Å². The third kappa shape index (κ3) is 9.61. The van der Waals surface area contributed by atoms with Gasteiger partial charge in [0.1, 0.15) is 5.69 Å². The lowest BCUT2D eigenvalue weighted by Gasteiger charge is -2.25. The second kappa shape index (κ2) is 19.5. The zero-order valence-electron chi connectivity index (χ0n) is 33.6. The van der Waals surface area contributed by atoms with Crippen molar-refractivity contribution in [3.63, 3.8) is 0 Å². The SMILES string of the molecule is O=[N+]([O-])c1ccc(N/N=C(\c2ccccc2)N(/N=C(\c2ccccc2)c2n(-c3ccc([N+](=O)[O-])cc3)nc(-c3ccccc3)[n+]2C2CCCCC2)c2ccc([N+](=O)[O-])cc2)cc1.[Cl-]. The highest BCUT2D eigenvalue weighted by Gasteiger charge is 2.38. The van der Waals surface area contributed by atoms with Gasteiger partial charge in [0.05, 0.1) is 42.8 Å². The van der Waals surface area contributed by atoms with E-state index in [1.54, 1.807) is 46.1 Å². The Morgan fingerprint density at radius 1 is 0.635 bits per heavy atom. The van der Waals surface area contributed by atoms with Gasteiger partial charge in [-0.05, 0) is 74.2 Å². The summed E-state index contributed by atoms with van der Waals surface area (Å²) in [4.78, 5) is 33.7. The van der Waals surface area contributed by atoms with Gasteiger partial charge in [-0.1, -0.05) is 90.0 Å². The van der Waals surface area contributed by atoms with Crippen LogP contribution < -0.4 is 27.4 Å². The molecule has 0 radical (unpaired) electrons. The van der Waals surface area contributed by atoms with E-state index in [1.165, 1.54) is 36.4 Å². The number of anilines is 2. The molecule has 1 aromatic heterocycles. The Kier molecular flexibility index (Phi) is 13.3. The number of amidine groups is 1. The van der Waals surface area contributed by atoms with Gasteiger partial charge in [-0.25, -0.2) is 9.58 Å². The number of hydrogen-bond donors (Lipinski definition) is 1. The summed E-state index contributed by atoms with van der Waals surface area (Å²) in [6.45, 7) is 0. The molecular weight excluding hydrogens is 824 g/mol. The summed E-state index contributed by atoms with van der Waals surface area (Å²) in [5.41, 5.74) is 6.82. The molecule has 63 heavy (non-hydrogen) atoms. The van der Waals surface area contributed by atoms with Gasteiger partial charge >= 0.3 is 5.82 Å². The van der Waals surface area contributed by atoms with Gasteiger partial charge in [-0.3, -0.25) is 35.8 Å². The summed E-state index contributed by atoms with van der Waals surface area (Å²) < 4.78 is 4.00. The number of benzene rings is 6. The summed E-state index contributed by atoms with van der Waals surface area (Å²) in [5, 5.41) is 52.4. The van der Waals surface area contributed by atoms with Crippen molar-refractivity contribution in [3.8, 4) is 17.1 Å². The van der Waals surface area contributed by atoms with Crippen LogP contribution in [-0.4, -0.2) is 36.1 Å². The molecule has 1 aliphatic carbocycles. The molecular formula is C46H39ClN10O6.